The molecule has 0 aliphatic carbocycles. The second-order valence-corrected chi connectivity index (χ2v) is 3.33. The van der Waals surface area contributed by atoms with Crippen LogP contribution in [0.25, 0.3) is 0 Å². The molecule has 0 saturated carbocycles. The Bertz CT molecular complexity index is 231. The lowest BCUT2D eigenvalue weighted by molar-refractivity contribution is -0.823. The van der Waals surface area contributed by atoms with Crippen LogP contribution in [0, 0.1) is 5.21 Å². The van der Waals surface area contributed by atoms with Crippen LogP contribution in [-0.4, -0.2) is 38.7 Å². The van der Waals surface area contributed by atoms with Gasteiger partial charge < -0.3 is 5.21 Å². The van der Waals surface area contributed by atoms with E-state index in [4.69, 9.17) is 0 Å². The Labute approximate surface area is 65.6 Å². The molecule has 0 fully saturated rings. The number of rotatable bonds is 0. The first-order valence-electron chi connectivity index (χ1n) is 3.58. The highest BCUT2D eigenvalue weighted by atomic mass is 16.5. The van der Waals surface area contributed by atoms with Crippen LogP contribution in [0.15, 0.2) is 0 Å². The third kappa shape index (κ3) is 1.08. The van der Waals surface area contributed by atoms with Crippen LogP contribution in [0.2, 0.25) is 0 Å². The normalized spacial score (nSPS) is 29.2. The van der Waals surface area contributed by atoms with E-state index in [1.807, 2.05) is 0 Å². The predicted molar refractivity (Wildman–Crippen MR) is 41.3 cm³/mol. The molecule has 1 atom stereocenters. The second-order valence-electron chi connectivity index (χ2n) is 3.33. The van der Waals surface area contributed by atoms with E-state index in [0.29, 0.717) is 0 Å². The largest absolute Gasteiger partial charge is 0.623 e. The second kappa shape index (κ2) is 2.22. The molecule has 0 bridgehead atoms. The molecule has 0 amide bonds. The lowest BCUT2D eigenvalue weighted by Gasteiger charge is -2.26. The van der Waals surface area contributed by atoms with Crippen LogP contribution in [0.1, 0.15) is 20.8 Å². The molecule has 0 spiro atoms. The molecule has 1 aliphatic rings. The van der Waals surface area contributed by atoms with Crippen molar-refractivity contribution >= 4 is 12.4 Å². The monoisotopic (exact) mass is 157 g/mol. The quantitative estimate of drug-likeness (QED) is 0.310. The summed E-state index contributed by atoms with van der Waals surface area (Å²) < 4.78 is 1.90. The fourth-order valence-corrected chi connectivity index (χ4v) is 0.958. The number of hydrogen-bond donors (Lipinski definition) is 1. The highest BCUT2D eigenvalue weighted by Crippen LogP contribution is 2.16. The van der Waals surface area contributed by atoms with Crippen LogP contribution >= 0.6 is 0 Å². The van der Waals surface area contributed by atoms with Gasteiger partial charge in [0.2, 0.25) is 11.8 Å². The summed E-state index contributed by atoms with van der Waals surface area (Å²) in [7, 11) is 0. The molecular formula is C7H13N2O2+. The minimum absolute atomic E-state index is 0.190. The Morgan fingerprint density at radius 2 is 2.00 bits per heavy atom. The van der Waals surface area contributed by atoms with Crippen molar-refractivity contribution in [2.24, 2.45) is 0 Å². The minimum atomic E-state index is -0.566. The van der Waals surface area contributed by atoms with E-state index >= 15 is 0 Å². The van der Waals surface area contributed by atoms with Crippen molar-refractivity contribution in [2.45, 2.75) is 32.4 Å². The average molecular weight is 157 g/mol. The van der Waals surface area contributed by atoms with Crippen LogP contribution < -0.4 is 0 Å². The molecule has 4 heteroatoms. The molecule has 0 radical (unpaired) electrons. The third-order valence-corrected chi connectivity index (χ3v) is 2.34. The first kappa shape index (κ1) is 8.04. The fraction of sp³-hybridized carbons (Fsp3) is 0.714. The SMILES string of the molecule is C[C@H]1[N+](O)=CC=[N+]([O-])C1(C)C. The first-order valence-corrected chi connectivity index (χ1v) is 3.58. The number of nitrogens with zero attached hydrogens (tertiary/aromatic N) is 2. The summed E-state index contributed by atoms with van der Waals surface area (Å²) >= 11 is 0. The van der Waals surface area contributed by atoms with Crippen molar-refractivity contribution in [1.82, 2.24) is 0 Å². The summed E-state index contributed by atoms with van der Waals surface area (Å²) in [5, 5.41) is 20.4. The van der Waals surface area contributed by atoms with Gasteiger partial charge >= 0.3 is 0 Å². The van der Waals surface area contributed by atoms with Crippen LogP contribution in [0.3, 0.4) is 0 Å². The molecule has 0 aromatic rings. The maximum absolute atomic E-state index is 11.2. The van der Waals surface area contributed by atoms with Crippen molar-refractivity contribution in [1.29, 1.82) is 0 Å². The molecule has 1 aliphatic heterocycles. The Morgan fingerprint density at radius 3 is 2.45 bits per heavy atom. The molecule has 1 rings (SSSR count). The molecule has 0 aromatic carbocycles. The van der Waals surface area contributed by atoms with Gasteiger partial charge in [-0.05, 0) is 4.74 Å². The molecule has 1 N–H and O–H groups in total. The molecule has 0 saturated heterocycles. The zero-order valence-corrected chi connectivity index (χ0v) is 6.98. The minimum Gasteiger partial charge on any atom is -0.623 e. The van der Waals surface area contributed by atoms with E-state index in [2.05, 4.69) is 0 Å². The van der Waals surface area contributed by atoms with Crippen LogP contribution in [-0.2, 0) is 0 Å². The summed E-state index contributed by atoms with van der Waals surface area (Å²) in [5.74, 6) is 0. The van der Waals surface area contributed by atoms with Gasteiger partial charge in [-0.25, -0.2) is 0 Å². The lowest BCUT2D eigenvalue weighted by Crippen LogP contribution is -2.52. The summed E-state index contributed by atoms with van der Waals surface area (Å²) in [6.45, 7) is 5.38. The van der Waals surface area contributed by atoms with E-state index in [1.165, 1.54) is 12.4 Å². The Kier molecular flexibility index (Phi) is 1.62. The lowest BCUT2D eigenvalue weighted by atomic mass is 9.96. The smallest absolute Gasteiger partial charge is 0.280 e. The molecule has 62 valence electrons. The van der Waals surface area contributed by atoms with Gasteiger partial charge in [0.25, 0.3) is 12.3 Å². The van der Waals surface area contributed by atoms with Crippen molar-refractivity contribution in [3.8, 4) is 0 Å². The van der Waals surface area contributed by atoms with Gasteiger partial charge in [0.15, 0.2) is 0 Å². The van der Waals surface area contributed by atoms with Gasteiger partial charge in [-0.3, -0.25) is 5.21 Å². The van der Waals surface area contributed by atoms with E-state index in [9.17, 15) is 10.4 Å². The number of hydrogen-bond acceptors (Lipinski definition) is 2. The Balaban J connectivity index is 3.03. The van der Waals surface area contributed by atoms with Gasteiger partial charge in [0, 0.05) is 20.8 Å². The van der Waals surface area contributed by atoms with Crippen LogP contribution in [0.4, 0.5) is 0 Å². The highest BCUT2D eigenvalue weighted by Gasteiger charge is 2.45. The molecule has 11 heavy (non-hydrogen) atoms. The standard InChI is InChI=1S/C7H13N2O2/c1-6-7(2,3)9(11)5-4-8(6)10/h4-6,10H,1-3H3/q+1/t6-/m1/s1. The van der Waals surface area contributed by atoms with Gasteiger partial charge in [0.05, 0.1) is 0 Å². The van der Waals surface area contributed by atoms with Crippen molar-refractivity contribution < 1.29 is 14.7 Å². The third-order valence-electron chi connectivity index (χ3n) is 2.34. The maximum atomic E-state index is 11.2. The zero-order chi connectivity index (χ0) is 8.65. The fourth-order valence-electron chi connectivity index (χ4n) is 0.958. The van der Waals surface area contributed by atoms with E-state index in [1.54, 1.807) is 20.8 Å². The highest BCUT2D eigenvalue weighted by molar-refractivity contribution is 6.11. The molecule has 0 aromatic heterocycles. The van der Waals surface area contributed by atoms with E-state index in [-0.39, 0.29) is 6.04 Å². The van der Waals surface area contributed by atoms with Gasteiger partial charge in [0.1, 0.15) is 0 Å². The average Bonchev–Trinajstić information content (AvgIpc) is 1.95. The summed E-state index contributed by atoms with van der Waals surface area (Å²) in [6, 6.07) is -0.190. The predicted octanol–water partition coefficient (Wildman–Crippen LogP) is 0.221. The Hall–Kier alpha value is -1.06. The van der Waals surface area contributed by atoms with Crippen LogP contribution in [0.5, 0.6) is 0 Å². The molecular weight excluding hydrogens is 144 g/mol. The topological polar surface area (TPSA) is 49.3 Å². The maximum Gasteiger partial charge on any atom is 0.280 e. The van der Waals surface area contributed by atoms with Gasteiger partial charge in [-0.15, -0.1) is 0 Å². The number of hydroxylamine groups is 2. The zero-order valence-electron chi connectivity index (χ0n) is 6.98. The van der Waals surface area contributed by atoms with Crippen molar-refractivity contribution in [3.05, 3.63) is 5.21 Å². The van der Waals surface area contributed by atoms with Crippen molar-refractivity contribution in [3.63, 3.8) is 0 Å². The molecule has 0 unspecified atom stereocenters. The first-order chi connectivity index (χ1) is 4.96. The Morgan fingerprint density at radius 1 is 1.45 bits per heavy atom. The van der Waals surface area contributed by atoms with Gasteiger partial charge in [-0.2, -0.15) is 4.74 Å². The summed E-state index contributed by atoms with van der Waals surface area (Å²) in [6.07, 6.45) is 2.68. The summed E-state index contributed by atoms with van der Waals surface area (Å²) in [4.78, 5) is 0. The summed E-state index contributed by atoms with van der Waals surface area (Å²) in [5.41, 5.74) is -0.566. The van der Waals surface area contributed by atoms with Gasteiger partial charge in [-0.1, -0.05) is 0 Å². The molecule has 1 heterocycles. The molecule has 4 nitrogen and oxygen atoms in total. The van der Waals surface area contributed by atoms with Crippen molar-refractivity contribution in [2.75, 3.05) is 0 Å². The van der Waals surface area contributed by atoms with E-state index in [0.717, 1.165) is 9.48 Å². The van der Waals surface area contributed by atoms with E-state index < -0.39 is 5.54 Å².